The van der Waals surface area contributed by atoms with Crippen molar-refractivity contribution in [1.82, 2.24) is 4.41 Å². The lowest BCUT2D eigenvalue weighted by atomic mass is 10.0. The SMILES string of the molecule is CCOC(=O)C1CC(C)=NN1S(=O)(=O)c1ccc(C)cc1-c1ccccc1F. The molecule has 1 aliphatic rings. The summed E-state index contributed by atoms with van der Waals surface area (Å²) in [5.41, 5.74) is 1.67. The summed E-state index contributed by atoms with van der Waals surface area (Å²) in [4.78, 5) is 12.2. The summed E-state index contributed by atoms with van der Waals surface area (Å²) >= 11 is 0. The summed E-state index contributed by atoms with van der Waals surface area (Å²) in [6, 6.07) is 9.54. The van der Waals surface area contributed by atoms with Gasteiger partial charge in [0.25, 0.3) is 10.0 Å². The van der Waals surface area contributed by atoms with Gasteiger partial charge in [-0.15, -0.1) is 0 Å². The zero-order chi connectivity index (χ0) is 20.5. The molecule has 6 nitrogen and oxygen atoms in total. The van der Waals surface area contributed by atoms with E-state index in [4.69, 9.17) is 4.74 Å². The molecule has 1 unspecified atom stereocenters. The molecule has 0 aromatic heterocycles. The fraction of sp³-hybridized carbons (Fsp3) is 0.300. The maximum Gasteiger partial charge on any atom is 0.332 e. The number of rotatable bonds is 5. The van der Waals surface area contributed by atoms with Crippen LogP contribution in [0.3, 0.4) is 0 Å². The van der Waals surface area contributed by atoms with Gasteiger partial charge in [-0.2, -0.15) is 17.9 Å². The van der Waals surface area contributed by atoms with Crippen LogP contribution in [0.25, 0.3) is 11.1 Å². The summed E-state index contributed by atoms with van der Waals surface area (Å²) in [5, 5.41) is 4.07. The van der Waals surface area contributed by atoms with Gasteiger partial charge in [-0.05, 0) is 39.0 Å². The van der Waals surface area contributed by atoms with E-state index in [1.807, 2.05) is 0 Å². The van der Waals surface area contributed by atoms with Crippen LogP contribution in [0.2, 0.25) is 0 Å². The predicted molar refractivity (Wildman–Crippen MR) is 104 cm³/mol. The van der Waals surface area contributed by atoms with Crippen LogP contribution >= 0.6 is 0 Å². The molecule has 1 aliphatic heterocycles. The molecule has 0 saturated carbocycles. The van der Waals surface area contributed by atoms with E-state index in [1.165, 1.54) is 24.3 Å². The van der Waals surface area contributed by atoms with Crippen molar-refractivity contribution in [2.75, 3.05) is 6.61 Å². The highest BCUT2D eigenvalue weighted by atomic mass is 32.2. The molecule has 1 atom stereocenters. The molecule has 0 fully saturated rings. The Morgan fingerprint density at radius 1 is 1.21 bits per heavy atom. The number of ether oxygens (including phenoxy) is 1. The van der Waals surface area contributed by atoms with Crippen LogP contribution in [0.1, 0.15) is 25.8 Å². The summed E-state index contributed by atoms with van der Waals surface area (Å²) < 4.78 is 47.0. The number of esters is 1. The molecule has 1 heterocycles. The molecule has 0 aliphatic carbocycles. The van der Waals surface area contributed by atoms with Crippen molar-refractivity contribution in [3.8, 4) is 11.1 Å². The number of hydrazone groups is 1. The third-order valence-electron chi connectivity index (χ3n) is 4.41. The smallest absolute Gasteiger partial charge is 0.332 e. The van der Waals surface area contributed by atoms with Crippen molar-refractivity contribution >= 4 is 21.7 Å². The molecule has 8 heteroatoms. The maximum atomic E-state index is 14.4. The number of sulfonamides is 1. The Morgan fingerprint density at radius 3 is 2.61 bits per heavy atom. The van der Waals surface area contributed by atoms with Gasteiger partial charge in [-0.25, -0.2) is 9.18 Å². The first-order chi connectivity index (χ1) is 13.3. The number of nitrogens with zero attached hydrogens (tertiary/aromatic N) is 2. The van der Waals surface area contributed by atoms with E-state index in [1.54, 1.807) is 39.0 Å². The molecule has 2 aromatic rings. The van der Waals surface area contributed by atoms with Crippen molar-refractivity contribution in [1.29, 1.82) is 0 Å². The van der Waals surface area contributed by atoms with Gasteiger partial charge in [-0.1, -0.05) is 29.8 Å². The number of halogens is 1. The zero-order valence-electron chi connectivity index (χ0n) is 15.8. The molecule has 3 rings (SSSR count). The van der Waals surface area contributed by atoms with Crippen LogP contribution in [-0.4, -0.2) is 37.2 Å². The average molecular weight is 404 g/mol. The van der Waals surface area contributed by atoms with E-state index in [0.29, 0.717) is 5.71 Å². The van der Waals surface area contributed by atoms with E-state index >= 15 is 0 Å². The minimum Gasteiger partial charge on any atom is -0.464 e. The summed E-state index contributed by atoms with van der Waals surface area (Å²) in [6.07, 6.45) is 0.152. The molecule has 0 saturated heterocycles. The molecule has 0 radical (unpaired) electrons. The van der Waals surface area contributed by atoms with Gasteiger partial charge in [0.1, 0.15) is 5.82 Å². The normalized spacial score (nSPS) is 16.8. The fourth-order valence-corrected chi connectivity index (χ4v) is 4.76. The van der Waals surface area contributed by atoms with Gasteiger partial charge in [0.05, 0.1) is 11.5 Å². The van der Waals surface area contributed by atoms with E-state index in [-0.39, 0.29) is 29.1 Å². The van der Waals surface area contributed by atoms with Crippen molar-refractivity contribution in [2.24, 2.45) is 5.10 Å². The zero-order valence-corrected chi connectivity index (χ0v) is 16.7. The Kier molecular flexibility index (Phi) is 5.51. The minimum absolute atomic E-state index is 0.115. The molecule has 2 aromatic carbocycles. The Balaban J connectivity index is 2.15. The number of carbonyl (C=O) groups excluding carboxylic acids is 1. The van der Waals surface area contributed by atoms with Gasteiger partial charge >= 0.3 is 5.97 Å². The van der Waals surface area contributed by atoms with Crippen LogP contribution in [0.15, 0.2) is 52.5 Å². The molecule has 0 bridgehead atoms. The lowest BCUT2D eigenvalue weighted by molar-refractivity contribution is -0.147. The molecule has 148 valence electrons. The van der Waals surface area contributed by atoms with Gasteiger partial charge in [0, 0.05) is 23.3 Å². The highest BCUT2D eigenvalue weighted by Crippen LogP contribution is 2.34. The van der Waals surface area contributed by atoms with Crippen molar-refractivity contribution in [2.45, 2.75) is 38.1 Å². The average Bonchev–Trinajstić information content (AvgIpc) is 3.05. The van der Waals surface area contributed by atoms with Crippen LogP contribution < -0.4 is 0 Å². The van der Waals surface area contributed by atoms with E-state index in [2.05, 4.69) is 5.10 Å². The summed E-state index contributed by atoms with van der Waals surface area (Å²) in [7, 11) is -4.22. The molecular formula is C20H21FN2O4S. The summed E-state index contributed by atoms with van der Waals surface area (Å²) in [5.74, 6) is -1.20. The van der Waals surface area contributed by atoms with Gasteiger partial charge in [-0.3, -0.25) is 0 Å². The molecular weight excluding hydrogens is 383 g/mol. The van der Waals surface area contributed by atoms with Crippen molar-refractivity contribution in [3.63, 3.8) is 0 Å². The lowest BCUT2D eigenvalue weighted by Gasteiger charge is -2.23. The van der Waals surface area contributed by atoms with E-state index < -0.39 is 27.9 Å². The second-order valence-corrected chi connectivity index (χ2v) is 8.33. The first-order valence-electron chi connectivity index (χ1n) is 8.86. The Hall–Kier alpha value is -2.74. The second-order valence-electron chi connectivity index (χ2n) is 6.56. The standard InChI is InChI=1S/C20H21FN2O4S/c1-4-27-20(24)18-12-14(3)22-23(18)28(25,26)19-10-9-13(2)11-16(19)15-7-5-6-8-17(15)21/h5-11,18H,4,12H2,1-3H3. The van der Waals surface area contributed by atoms with Crippen LogP contribution in [0.4, 0.5) is 4.39 Å². The van der Waals surface area contributed by atoms with E-state index in [9.17, 15) is 17.6 Å². The Morgan fingerprint density at radius 2 is 1.93 bits per heavy atom. The van der Waals surface area contributed by atoms with Gasteiger partial charge in [0.2, 0.25) is 0 Å². The predicted octanol–water partition coefficient (Wildman–Crippen LogP) is 3.50. The number of hydrogen-bond donors (Lipinski definition) is 0. The first-order valence-corrected chi connectivity index (χ1v) is 10.3. The molecule has 0 amide bonds. The van der Waals surface area contributed by atoms with Crippen LogP contribution in [0.5, 0.6) is 0 Å². The number of hydrogen-bond acceptors (Lipinski definition) is 5. The van der Waals surface area contributed by atoms with Crippen LogP contribution in [0, 0.1) is 12.7 Å². The second kappa shape index (κ2) is 7.71. The van der Waals surface area contributed by atoms with Crippen LogP contribution in [-0.2, 0) is 19.6 Å². The molecule has 0 N–H and O–H groups in total. The number of aryl methyl sites for hydroxylation is 1. The van der Waals surface area contributed by atoms with Crippen molar-refractivity contribution in [3.05, 3.63) is 53.8 Å². The number of carbonyl (C=O) groups is 1. The topological polar surface area (TPSA) is 76.0 Å². The summed E-state index contributed by atoms with van der Waals surface area (Å²) in [6.45, 7) is 5.22. The monoisotopic (exact) mass is 404 g/mol. The third kappa shape index (κ3) is 3.64. The fourth-order valence-electron chi connectivity index (χ4n) is 3.13. The quantitative estimate of drug-likeness (QED) is 0.715. The van der Waals surface area contributed by atoms with Crippen molar-refractivity contribution < 1.29 is 22.3 Å². The van der Waals surface area contributed by atoms with Gasteiger partial charge < -0.3 is 4.74 Å². The molecule has 0 spiro atoms. The Bertz CT molecular complexity index is 1050. The highest BCUT2D eigenvalue weighted by Gasteiger charge is 2.41. The lowest BCUT2D eigenvalue weighted by Crippen LogP contribution is -2.39. The largest absolute Gasteiger partial charge is 0.464 e. The highest BCUT2D eigenvalue weighted by molar-refractivity contribution is 7.89. The first kappa shape index (κ1) is 20.0. The van der Waals surface area contributed by atoms with Gasteiger partial charge in [0.15, 0.2) is 6.04 Å². The minimum atomic E-state index is -4.22. The maximum absolute atomic E-state index is 14.4. The Labute approximate surface area is 163 Å². The van der Waals surface area contributed by atoms with E-state index in [0.717, 1.165) is 9.98 Å². The third-order valence-corrected chi connectivity index (χ3v) is 6.15. The molecule has 28 heavy (non-hydrogen) atoms. The number of benzene rings is 2.